The minimum Gasteiger partial charge on any atom is -0.365 e. The summed E-state index contributed by atoms with van der Waals surface area (Å²) in [5.74, 6) is 0.504. The van der Waals surface area contributed by atoms with Gasteiger partial charge in [-0.3, -0.25) is 10.1 Å². The zero-order valence-corrected chi connectivity index (χ0v) is 9.54. The van der Waals surface area contributed by atoms with Gasteiger partial charge in [0.05, 0.1) is 4.92 Å². The van der Waals surface area contributed by atoms with E-state index in [9.17, 15) is 10.1 Å². The van der Waals surface area contributed by atoms with E-state index in [4.69, 9.17) is 5.26 Å². The van der Waals surface area contributed by atoms with Crippen molar-refractivity contribution in [2.24, 2.45) is 0 Å². The van der Waals surface area contributed by atoms with Crippen molar-refractivity contribution in [3.8, 4) is 6.07 Å². The van der Waals surface area contributed by atoms with E-state index in [2.05, 4.69) is 10.3 Å². The van der Waals surface area contributed by atoms with Crippen LogP contribution in [0.25, 0.3) is 0 Å². The molecule has 18 heavy (non-hydrogen) atoms. The maximum Gasteiger partial charge on any atom is 0.274 e. The number of hydrogen-bond donors (Lipinski definition) is 1. The molecule has 0 unspecified atom stereocenters. The predicted octanol–water partition coefficient (Wildman–Crippen LogP) is 0.434. The molecule has 92 valence electrons. The topological polar surface area (TPSA) is 95.1 Å². The average molecular weight is 245 g/mol. The van der Waals surface area contributed by atoms with Gasteiger partial charge in [0.2, 0.25) is 0 Å². The number of nitrogens with zero attached hydrogens (tertiary/aromatic N) is 4. The highest BCUT2D eigenvalue weighted by Gasteiger charge is 2.19. The molecular formula is C11H11N5O2. The Labute approximate surface area is 104 Å². The van der Waals surface area contributed by atoms with Crippen molar-refractivity contribution in [1.29, 1.82) is 5.26 Å². The minimum atomic E-state index is -0.475. The van der Waals surface area contributed by atoms with Crippen molar-refractivity contribution >= 4 is 0 Å². The monoisotopic (exact) mass is 245 g/mol. The summed E-state index contributed by atoms with van der Waals surface area (Å²) in [4.78, 5) is 15.8. The van der Waals surface area contributed by atoms with E-state index in [1.165, 1.54) is 0 Å². The molecule has 0 amide bonds. The van der Waals surface area contributed by atoms with Crippen molar-refractivity contribution in [3.63, 3.8) is 0 Å². The highest BCUT2D eigenvalue weighted by molar-refractivity contribution is 5.23. The van der Waals surface area contributed by atoms with Crippen LogP contribution in [-0.4, -0.2) is 27.9 Å². The van der Waals surface area contributed by atoms with E-state index in [0.717, 1.165) is 11.8 Å². The van der Waals surface area contributed by atoms with Crippen LogP contribution < -0.4 is 5.32 Å². The molecule has 7 heteroatoms. The van der Waals surface area contributed by atoms with E-state index in [-0.39, 0.29) is 0 Å². The lowest BCUT2D eigenvalue weighted by Gasteiger charge is -2.16. The molecule has 2 rings (SSSR count). The molecule has 1 aliphatic rings. The Morgan fingerprint density at radius 1 is 1.67 bits per heavy atom. The van der Waals surface area contributed by atoms with Gasteiger partial charge in [0.25, 0.3) is 6.20 Å². The van der Waals surface area contributed by atoms with Crippen molar-refractivity contribution < 1.29 is 4.92 Å². The first kappa shape index (κ1) is 11.9. The van der Waals surface area contributed by atoms with Crippen molar-refractivity contribution in [2.75, 3.05) is 13.1 Å². The summed E-state index contributed by atoms with van der Waals surface area (Å²) in [5, 5.41) is 22.0. The second-order valence-corrected chi connectivity index (χ2v) is 3.81. The second-order valence-electron chi connectivity index (χ2n) is 3.81. The van der Waals surface area contributed by atoms with E-state index in [1.54, 1.807) is 18.3 Å². The highest BCUT2D eigenvalue weighted by atomic mass is 16.6. The third-order valence-electron chi connectivity index (χ3n) is 2.57. The third-order valence-corrected chi connectivity index (χ3v) is 2.57. The number of nitriles is 1. The van der Waals surface area contributed by atoms with Gasteiger partial charge in [-0.1, -0.05) is 6.07 Å². The van der Waals surface area contributed by atoms with Crippen molar-refractivity contribution in [2.45, 2.75) is 6.54 Å². The molecule has 1 N–H and O–H groups in total. The molecule has 7 nitrogen and oxygen atoms in total. The quantitative estimate of drug-likeness (QED) is 0.613. The minimum absolute atomic E-state index is 0.361. The number of aromatic nitrogens is 1. The molecule has 0 radical (unpaired) electrons. The predicted molar refractivity (Wildman–Crippen MR) is 62.4 cm³/mol. The van der Waals surface area contributed by atoms with E-state index >= 15 is 0 Å². The normalized spacial score (nSPS) is 16.4. The van der Waals surface area contributed by atoms with E-state index < -0.39 is 4.92 Å². The van der Waals surface area contributed by atoms with Gasteiger partial charge in [-0.05, 0) is 11.6 Å². The van der Waals surface area contributed by atoms with Gasteiger partial charge in [-0.25, -0.2) is 4.98 Å². The van der Waals surface area contributed by atoms with Gasteiger partial charge < -0.3 is 10.2 Å². The van der Waals surface area contributed by atoms with Crippen LogP contribution in [0.15, 0.2) is 30.4 Å². The summed E-state index contributed by atoms with van der Waals surface area (Å²) in [6, 6.07) is 5.38. The van der Waals surface area contributed by atoms with Gasteiger partial charge in [-0.2, -0.15) is 5.26 Å². The molecule has 1 aromatic rings. The Balaban J connectivity index is 2.08. The summed E-state index contributed by atoms with van der Waals surface area (Å²) >= 11 is 0. The maximum absolute atomic E-state index is 10.5. The maximum atomic E-state index is 10.5. The molecule has 1 aromatic heterocycles. The molecule has 0 atom stereocenters. The molecule has 0 bridgehead atoms. The first-order valence-corrected chi connectivity index (χ1v) is 5.38. The summed E-state index contributed by atoms with van der Waals surface area (Å²) in [7, 11) is 0. The molecule has 0 saturated carbocycles. The smallest absolute Gasteiger partial charge is 0.274 e. The van der Waals surface area contributed by atoms with Gasteiger partial charge in [0.15, 0.2) is 5.82 Å². The SMILES string of the molecule is N#Cc1ccc(CN2CCNC2=C[N+](=O)[O-])cn1. The average Bonchev–Trinajstić information content (AvgIpc) is 2.77. The summed E-state index contributed by atoms with van der Waals surface area (Å²) in [6.07, 6.45) is 2.57. The molecule has 2 heterocycles. The van der Waals surface area contributed by atoms with Crippen LogP contribution in [0.1, 0.15) is 11.3 Å². The number of nitrogens with one attached hydrogen (secondary N) is 1. The van der Waals surface area contributed by atoms with Crippen molar-refractivity contribution in [3.05, 3.63) is 51.7 Å². The van der Waals surface area contributed by atoms with Gasteiger partial charge in [0.1, 0.15) is 11.8 Å². The first-order chi connectivity index (χ1) is 8.69. The van der Waals surface area contributed by atoms with Crippen LogP contribution >= 0.6 is 0 Å². The zero-order chi connectivity index (χ0) is 13.0. The molecule has 1 saturated heterocycles. The molecule has 1 fully saturated rings. The fourth-order valence-electron chi connectivity index (χ4n) is 1.75. The lowest BCUT2D eigenvalue weighted by molar-refractivity contribution is -0.404. The molecule has 0 spiro atoms. The van der Waals surface area contributed by atoms with Gasteiger partial charge in [0, 0.05) is 25.8 Å². The molecule has 1 aliphatic heterocycles. The number of pyridine rings is 1. The summed E-state index contributed by atoms with van der Waals surface area (Å²) < 4.78 is 0. The number of hydrogen-bond acceptors (Lipinski definition) is 6. The Bertz CT molecular complexity index is 517. The fourth-order valence-corrected chi connectivity index (χ4v) is 1.75. The Morgan fingerprint density at radius 3 is 3.11 bits per heavy atom. The Kier molecular flexibility index (Phi) is 3.38. The largest absolute Gasteiger partial charge is 0.365 e. The molecular weight excluding hydrogens is 234 g/mol. The summed E-state index contributed by atoms with van der Waals surface area (Å²) in [6.45, 7) is 1.93. The highest BCUT2D eigenvalue weighted by Crippen LogP contribution is 2.12. The van der Waals surface area contributed by atoms with Crippen molar-refractivity contribution in [1.82, 2.24) is 15.2 Å². The van der Waals surface area contributed by atoms with Gasteiger partial charge >= 0.3 is 0 Å². The van der Waals surface area contributed by atoms with Crippen LogP contribution in [0.5, 0.6) is 0 Å². The van der Waals surface area contributed by atoms with Crippen LogP contribution in [-0.2, 0) is 6.54 Å². The van der Waals surface area contributed by atoms with Crippen LogP contribution in [0.4, 0.5) is 0 Å². The lowest BCUT2D eigenvalue weighted by atomic mass is 10.2. The zero-order valence-electron chi connectivity index (χ0n) is 9.54. The molecule has 0 aliphatic carbocycles. The lowest BCUT2D eigenvalue weighted by Crippen LogP contribution is -2.20. The number of nitro groups is 1. The first-order valence-electron chi connectivity index (χ1n) is 5.38. The van der Waals surface area contributed by atoms with Crippen LogP contribution in [0.3, 0.4) is 0 Å². The number of rotatable bonds is 3. The third kappa shape index (κ3) is 2.74. The van der Waals surface area contributed by atoms with E-state index in [0.29, 0.717) is 31.1 Å². The fraction of sp³-hybridized carbons (Fsp3) is 0.273. The van der Waals surface area contributed by atoms with E-state index in [1.807, 2.05) is 11.0 Å². The molecule has 0 aromatic carbocycles. The van der Waals surface area contributed by atoms with Crippen LogP contribution in [0, 0.1) is 21.4 Å². The van der Waals surface area contributed by atoms with Crippen LogP contribution in [0.2, 0.25) is 0 Å². The standard InChI is InChI=1S/C11H11N5O2/c12-5-10-2-1-9(6-14-10)7-15-4-3-13-11(15)8-16(17)18/h1-2,6,8,13H,3-4,7H2. The van der Waals surface area contributed by atoms with Gasteiger partial charge in [-0.15, -0.1) is 0 Å². The summed E-state index contributed by atoms with van der Waals surface area (Å²) in [5.41, 5.74) is 1.27. The Morgan fingerprint density at radius 2 is 2.50 bits per heavy atom. The second kappa shape index (κ2) is 5.14. The Hall–Kier alpha value is -2.62.